The molecule has 2 rings (SSSR count). The summed E-state index contributed by atoms with van der Waals surface area (Å²) < 4.78 is 10.7. The van der Waals surface area contributed by atoms with Crippen LogP contribution in [0.3, 0.4) is 0 Å². The van der Waals surface area contributed by atoms with E-state index < -0.39 is 5.72 Å². The van der Waals surface area contributed by atoms with E-state index in [-0.39, 0.29) is 6.10 Å². The Kier molecular flexibility index (Phi) is 2.31. The Morgan fingerprint density at radius 3 is 2.71 bits per heavy atom. The van der Waals surface area contributed by atoms with Crippen LogP contribution in [0.4, 0.5) is 0 Å². The fourth-order valence-corrected chi connectivity index (χ4v) is 2.10. The maximum Gasteiger partial charge on any atom is 0.169 e. The van der Waals surface area contributed by atoms with E-state index in [1.807, 2.05) is 18.2 Å². The monoisotopic (exact) mass is 193 g/mol. The van der Waals surface area contributed by atoms with Crippen LogP contribution >= 0.6 is 0 Å². The van der Waals surface area contributed by atoms with Gasteiger partial charge in [0, 0.05) is 26.2 Å². The van der Waals surface area contributed by atoms with Gasteiger partial charge in [0.05, 0.1) is 0 Å². The molecule has 1 aliphatic rings. The molecular formula is C11H15NO2. The average molecular weight is 193 g/mol. The first-order chi connectivity index (χ1) is 6.72. The molecule has 0 radical (unpaired) electrons. The van der Waals surface area contributed by atoms with Crippen LogP contribution < -0.4 is 5.73 Å². The lowest BCUT2D eigenvalue weighted by Gasteiger charge is -2.29. The standard InChI is InChI=1S/C11H15NO2/c1-13-10-7-8-5-3-4-6-9(8)11(10,12)14-2/h3-6,10H,7,12H2,1-2H3. The summed E-state index contributed by atoms with van der Waals surface area (Å²) in [5.41, 5.74) is 7.64. The highest BCUT2D eigenvalue weighted by atomic mass is 16.5. The minimum Gasteiger partial charge on any atom is -0.376 e. The second kappa shape index (κ2) is 3.35. The lowest BCUT2D eigenvalue weighted by atomic mass is 10.0. The molecule has 2 atom stereocenters. The van der Waals surface area contributed by atoms with Crippen molar-refractivity contribution in [1.82, 2.24) is 0 Å². The minimum atomic E-state index is -0.786. The van der Waals surface area contributed by atoms with Crippen LogP contribution in [0.25, 0.3) is 0 Å². The Bertz CT molecular complexity index is 340. The van der Waals surface area contributed by atoms with Gasteiger partial charge in [0.1, 0.15) is 6.10 Å². The van der Waals surface area contributed by atoms with E-state index >= 15 is 0 Å². The van der Waals surface area contributed by atoms with E-state index in [9.17, 15) is 0 Å². The molecule has 0 amide bonds. The van der Waals surface area contributed by atoms with Crippen LogP contribution in [0.2, 0.25) is 0 Å². The van der Waals surface area contributed by atoms with Gasteiger partial charge in [0.25, 0.3) is 0 Å². The van der Waals surface area contributed by atoms with Crippen molar-refractivity contribution < 1.29 is 9.47 Å². The van der Waals surface area contributed by atoms with E-state index in [0.29, 0.717) is 0 Å². The quantitative estimate of drug-likeness (QED) is 0.713. The fraction of sp³-hybridized carbons (Fsp3) is 0.455. The van der Waals surface area contributed by atoms with E-state index in [4.69, 9.17) is 15.2 Å². The van der Waals surface area contributed by atoms with Crippen molar-refractivity contribution in [1.29, 1.82) is 0 Å². The maximum absolute atomic E-state index is 6.18. The van der Waals surface area contributed by atoms with Crippen LogP contribution in [-0.4, -0.2) is 20.3 Å². The molecule has 0 bridgehead atoms. The molecule has 0 spiro atoms. The second-order valence-corrected chi connectivity index (χ2v) is 3.58. The average Bonchev–Trinajstić information content (AvgIpc) is 2.53. The van der Waals surface area contributed by atoms with Gasteiger partial charge in [0.15, 0.2) is 5.72 Å². The smallest absolute Gasteiger partial charge is 0.169 e. The highest BCUT2D eigenvalue weighted by Gasteiger charge is 2.44. The molecular weight excluding hydrogens is 178 g/mol. The third-order valence-electron chi connectivity index (χ3n) is 2.94. The summed E-state index contributed by atoms with van der Waals surface area (Å²) in [4.78, 5) is 0. The lowest BCUT2D eigenvalue weighted by molar-refractivity contribution is -0.108. The summed E-state index contributed by atoms with van der Waals surface area (Å²) in [5, 5.41) is 0. The van der Waals surface area contributed by atoms with Gasteiger partial charge in [-0.15, -0.1) is 0 Å². The normalized spacial score (nSPS) is 30.4. The number of hydrogen-bond donors (Lipinski definition) is 1. The minimum absolute atomic E-state index is 0.0927. The van der Waals surface area contributed by atoms with E-state index in [0.717, 1.165) is 12.0 Å². The van der Waals surface area contributed by atoms with Crippen LogP contribution in [0, 0.1) is 0 Å². The molecule has 1 aromatic carbocycles. The summed E-state index contributed by atoms with van der Waals surface area (Å²) in [6.45, 7) is 0. The molecule has 0 fully saturated rings. The van der Waals surface area contributed by atoms with Crippen molar-refractivity contribution in [3.05, 3.63) is 35.4 Å². The van der Waals surface area contributed by atoms with E-state index in [1.54, 1.807) is 14.2 Å². The first-order valence-corrected chi connectivity index (χ1v) is 4.67. The Morgan fingerprint density at radius 2 is 2.07 bits per heavy atom. The predicted octanol–water partition coefficient (Wildman–Crippen LogP) is 1.02. The van der Waals surface area contributed by atoms with Crippen molar-refractivity contribution in [2.24, 2.45) is 5.73 Å². The maximum atomic E-state index is 6.18. The lowest BCUT2D eigenvalue weighted by Crippen LogP contribution is -2.47. The van der Waals surface area contributed by atoms with Gasteiger partial charge in [0.2, 0.25) is 0 Å². The number of rotatable bonds is 2. The molecule has 0 saturated carbocycles. The highest BCUT2D eigenvalue weighted by Crippen LogP contribution is 2.36. The van der Waals surface area contributed by atoms with Gasteiger partial charge < -0.3 is 9.47 Å². The second-order valence-electron chi connectivity index (χ2n) is 3.58. The zero-order valence-corrected chi connectivity index (χ0v) is 8.49. The number of fused-ring (bicyclic) bond motifs is 1. The van der Waals surface area contributed by atoms with Crippen LogP contribution in [0.15, 0.2) is 24.3 Å². The van der Waals surface area contributed by atoms with Gasteiger partial charge in [-0.25, -0.2) is 0 Å². The first kappa shape index (κ1) is 9.65. The molecule has 2 unspecified atom stereocenters. The Morgan fingerprint density at radius 1 is 1.36 bits per heavy atom. The predicted molar refractivity (Wildman–Crippen MR) is 53.8 cm³/mol. The SMILES string of the molecule is COC1Cc2ccccc2C1(N)OC. The zero-order valence-electron chi connectivity index (χ0n) is 8.49. The summed E-state index contributed by atoms with van der Waals surface area (Å²) in [6.07, 6.45) is 0.724. The third-order valence-corrected chi connectivity index (χ3v) is 2.94. The number of methoxy groups -OCH3 is 2. The molecule has 0 aliphatic heterocycles. The first-order valence-electron chi connectivity index (χ1n) is 4.67. The molecule has 1 aromatic rings. The zero-order chi connectivity index (χ0) is 10.2. The van der Waals surface area contributed by atoms with Gasteiger partial charge in [-0.2, -0.15) is 0 Å². The molecule has 2 N–H and O–H groups in total. The summed E-state index contributed by atoms with van der Waals surface area (Å²) >= 11 is 0. The largest absolute Gasteiger partial charge is 0.376 e. The summed E-state index contributed by atoms with van der Waals surface area (Å²) in [6, 6.07) is 8.04. The summed E-state index contributed by atoms with van der Waals surface area (Å²) in [7, 11) is 3.28. The van der Waals surface area contributed by atoms with Gasteiger partial charge >= 0.3 is 0 Å². The molecule has 3 heteroatoms. The van der Waals surface area contributed by atoms with Gasteiger partial charge in [-0.1, -0.05) is 24.3 Å². The van der Waals surface area contributed by atoms with Crippen molar-refractivity contribution >= 4 is 0 Å². The topological polar surface area (TPSA) is 44.5 Å². The molecule has 0 heterocycles. The van der Waals surface area contributed by atoms with E-state index in [1.165, 1.54) is 5.56 Å². The summed E-state index contributed by atoms with van der Waals surface area (Å²) in [5.74, 6) is 0. The molecule has 0 aromatic heterocycles. The molecule has 76 valence electrons. The molecule has 1 aliphatic carbocycles. The van der Waals surface area contributed by atoms with E-state index in [2.05, 4.69) is 6.07 Å². The number of benzene rings is 1. The third kappa shape index (κ3) is 1.17. The van der Waals surface area contributed by atoms with Crippen LogP contribution in [0.1, 0.15) is 11.1 Å². The Balaban J connectivity index is 2.47. The van der Waals surface area contributed by atoms with Gasteiger partial charge in [-0.05, 0) is 5.56 Å². The highest BCUT2D eigenvalue weighted by molar-refractivity contribution is 5.38. The van der Waals surface area contributed by atoms with Crippen molar-refractivity contribution in [2.75, 3.05) is 14.2 Å². The van der Waals surface area contributed by atoms with Crippen molar-refractivity contribution in [3.8, 4) is 0 Å². The Hall–Kier alpha value is -0.900. The number of ether oxygens (including phenoxy) is 2. The number of nitrogens with two attached hydrogens (primary N) is 1. The van der Waals surface area contributed by atoms with Crippen LogP contribution in [0.5, 0.6) is 0 Å². The van der Waals surface area contributed by atoms with Crippen molar-refractivity contribution in [2.45, 2.75) is 18.2 Å². The number of hydrogen-bond acceptors (Lipinski definition) is 3. The molecule has 14 heavy (non-hydrogen) atoms. The fourth-order valence-electron chi connectivity index (χ4n) is 2.10. The Labute approximate surface area is 83.8 Å². The van der Waals surface area contributed by atoms with Crippen molar-refractivity contribution in [3.63, 3.8) is 0 Å². The van der Waals surface area contributed by atoms with Gasteiger partial charge in [-0.3, -0.25) is 5.73 Å². The molecule has 3 nitrogen and oxygen atoms in total. The molecule has 0 saturated heterocycles. The van der Waals surface area contributed by atoms with Crippen LogP contribution in [-0.2, 0) is 21.6 Å².